The number of benzene rings is 2. The summed E-state index contributed by atoms with van der Waals surface area (Å²) in [6, 6.07) is 12.9. The molecule has 4 nitrogen and oxygen atoms in total. The Labute approximate surface area is 217 Å². The fourth-order valence-electron chi connectivity index (χ4n) is 4.25. The van der Waals surface area contributed by atoms with Crippen LogP contribution >= 0.6 is 0 Å². The van der Waals surface area contributed by atoms with Crippen LogP contribution in [0.1, 0.15) is 81.9 Å². The molecule has 0 radical (unpaired) electrons. The lowest BCUT2D eigenvalue weighted by Crippen LogP contribution is -2.40. The minimum Gasteiger partial charge on any atom is -0.493 e. The number of carbonyl (C=O) groups is 1. The van der Waals surface area contributed by atoms with Crippen LogP contribution in [0, 0.1) is 0 Å². The number of rotatable bonds is 14. The Hall–Kier alpha value is -2.96. The van der Waals surface area contributed by atoms with Crippen LogP contribution in [-0.4, -0.2) is 31.5 Å². The SMILES string of the molecule is CCCCCCOC(=O)C1=Cc2cc(OCCCCCC)c(Cc3ccccc3)cc2OC1C(F)(F)F. The molecule has 202 valence electrons. The minimum absolute atomic E-state index is 0.0751. The summed E-state index contributed by atoms with van der Waals surface area (Å²) in [6.07, 6.45) is 2.18. The molecule has 0 aromatic heterocycles. The molecule has 0 saturated carbocycles. The first-order chi connectivity index (χ1) is 17.8. The van der Waals surface area contributed by atoms with Crippen molar-refractivity contribution < 1.29 is 32.2 Å². The second kappa shape index (κ2) is 14.1. The highest BCUT2D eigenvalue weighted by Crippen LogP contribution is 2.41. The molecule has 1 unspecified atom stereocenters. The van der Waals surface area contributed by atoms with Gasteiger partial charge in [0.05, 0.1) is 18.8 Å². The molecular formula is C30H37F3O4. The summed E-state index contributed by atoms with van der Waals surface area (Å²) >= 11 is 0. The Morgan fingerprint density at radius 3 is 2.24 bits per heavy atom. The van der Waals surface area contributed by atoms with Crippen LogP contribution < -0.4 is 9.47 Å². The van der Waals surface area contributed by atoms with E-state index in [-0.39, 0.29) is 12.4 Å². The van der Waals surface area contributed by atoms with Crippen molar-refractivity contribution in [2.24, 2.45) is 0 Å². The summed E-state index contributed by atoms with van der Waals surface area (Å²) in [5.41, 5.74) is 1.57. The maximum Gasteiger partial charge on any atom is 0.430 e. The van der Waals surface area contributed by atoms with Crippen molar-refractivity contribution in [1.29, 1.82) is 0 Å². The van der Waals surface area contributed by atoms with E-state index in [4.69, 9.17) is 14.2 Å². The van der Waals surface area contributed by atoms with E-state index >= 15 is 0 Å². The van der Waals surface area contributed by atoms with Crippen LogP contribution in [0.15, 0.2) is 48.0 Å². The fourth-order valence-corrected chi connectivity index (χ4v) is 4.25. The fraction of sp³-hybridized carbons (Fsp3) is 0.500. The summed E-state index contributed by atoms with van der Waals surface area (Å²) in [4.78, 5) is 12.7. The topological polar surface area (TPSA) is 44.8 Å². The van der Waals surface area contributed by atoms with E-state index in [1.165, 1.54) is 6.08 Å². The van der Waals surface area contributed by atoms with Gasteiger partial charge in [0.1, 0.15) is 11.5 Å². The molecule has 0 aliphatic carbocycles. The summed E-state index contributed by atoms with van der Waals surface area (Å²) in [5.74, 6) is -0.345. The third kappa shape index (κ3) is 8.54. The van der Waals surface area contributed by atoms with Gasteiger partial charge in [-0.2, -0.15) is 13.2 Å². The third-order valence-corrected chi connectivity index (χ3v) is 6.29. The van der Waals surface area contributed by atoms with E-state index in [2.05, 4.69) is 13.8 Å². The zero-order valence-electron chi connectivity index (χ0n) is 21.7. The summed E-state index contributed by atoms with van der Waals surface area (Å²) in [5, 5.41) is 0. The molecule has 3 rings (SSSR count). The van der Waals surface area contributed by atoms with Gasteiger partial charge in [0.25, 0.3) is 0 Å². The zero-order valence-corrected chi connectivity index (χ0v) is 21.7. The lowest BCUT2D eigenvalue weighted by atomic mass is 9.97. The van der Waals surface area contributed by atoms with Crippen LogP contribution in [0.3, 0.4) is 0 Å². The molecule has 0 amide bonds. The monoisotopic (exact) mass is 518 g/mol. The molecule has 0 fully saturated rings. The molecule has 0 spiro atoms. The van der Waals surface area contributed by atoms with Gasteiger partial charge in [-0.05, 0) is 36.6 Å². The van der Waals surface area contributed by atoms with Crippen LogP contribution in [0.5, 0.6) is 11.5 Å². The summed E-state index contributed by atoms with van der Waals surface area (Å²) in [6.45, 7) is 4.77. The van der Waals surface area contributed by atoms with Crippen molar-refractivity contribution in [3.8, 4) is 11.5 Å². The predicted octanol–water partition coefficient (Wildman–Crippen LogP) is 8.07. The maximum absolute atomic E-state index is 13.9. The molecule has 0 saturated heterocycles. The molecule has 1 atom stereocenters. The quantitative estimate of drug-likeness (QED) is 0.187. The highest BCUT2D eigenvalue weighted by molar-refractivity contribution is 5.96. The second-order valence-electron chi connectivity index (χ2n) is 9.41. The van der Waals surface area contributed by atoms with Gasteiger partial charge in [-0.1, -0.05) is 82.7 Å². The van der Waals surface area contributed by atoms with E-state index < -0.39 is 23.8 Å². The smallest absolute Gasteiger partial charge is 0.430 e. The van der Waals surface area contributed by atoms with Crippen molar-refractivity contribution in [3.05, 3.63) is 64.7 Å². The number of carbonyl (C=O) groups excluding carboxylic acids is 1. The number of unbranched alkanes of at least 4 members (excludes halogenated alkanes) is 6. The molecule has 37 heavy (non-hydrogen) atoms. The number of alkyl halides is 3. The van der Waals surface area contributed by atoms with Crippen molar-refractivity contribution in [2.45, 2.75) is 83.9 Å². The van der Waals surface area contributed by atoms with E-state index in [0.717, 1.165) is 56.1 Å². The molecule has 1 aliphatic heterocycles. The molecule has 0 bridgehead atoms. The standard InChI is InChI=1S/C30H37F3O4/c1-3-5-7-12-16-35-26-20-24-19-25(29(34)36-17-13-8-6-4-2)28(30(31,32)33)37-27(24)21-23(26)18-22-14-10-9-11-15-22/h9-11,14-15,19-21,28H,3-8,12-13,16-18H2,1-2H3. The van der Waals surface area contributed by atoms with Gasteiger partial charge >= 0.3 is 12.1 Å². The van der Waals surface area contributed by atoms with Crippen molar-refractivity contribution >= 4 is 12.0 Å². The number of hydrogen-bond acceptors (Lipinski definition) is 4. The second-order valence-corrected chi connectivity index (χ2v) is 9.41. The molecule has 1 heterocycles. The van der Waals surface area contributed by atoms with Crippen molar-refractivity contribution in [3.63, 3.8) is 0 Å². The highest BCUT2D eigenvalue weighted by atomic mass is 19.4. The Kier molecular flexibility index (Phi) is 10.9. The lowest BCUT2D eigenvalue weighted by molar-refractivity contribution is -0.188. The molecule has 1 aliphatic rings. The number of hydrogen-bond donors (Lipinski definition) is 0. The van der Waals surface area contributed by atoms with Crippen LogP contribution in [0.2, 0.25) is 0 Å². The molecule has 2 aromatic rings. The van der Waals surface area contributed by atoms with Gasteiger partial charge in [0.15, 0.2) is 0 Å². The highest BCUT2D eigenvalue weighted by Gasteiger charge is 2.49. The average Bonchev–Trinajstić information content (AvgIpc) is 2.88. The third-order valence-electron chi connectivity index (χ3n) is 6.29. The van der Waals surface area contributed by atoms with Crippen molar-refractivity contribution in [2.75, 3.05) is 13.2 Å². The van der Waals surface area contributed by atoms with E-state index in [1.807, 2.05) is 30.3 Å². The zero-order chi connectivity index (χ0) is 26.7. The van der Waals surface area contributed by atoms with E-state index in [0.29, 0.717) is 30.8 Å². The van der Waals surface area contributed by atoms with Crippen LogP contribution in [0.4, 0.5) is 13.2 Å². The van der Waals surface area contributed by atoms with Gasteiger partial charge in [0, 0.05) is 17.5 Å². The van der Waals surface area contributed by atoms with Gasteiger partial charge in [0.2, 0.25) is 6.10 Å². The first kappa shape index (κ1) is 28.6. The molecular weight excluding hydrogens is 481 g/mol. The minimum atomic E-state index is -4.77. The van der Waals surface area contributed by atoms with Crippen LogP contribution in [-0.2, 0) is 16.0 Å². The Balaban J connectivity index is 1.89. The largest absolute Gasteiger partial charge is 0.493 e. The van der Waals surface area contributed by atoms with E-state index in [1.54, 1.807) is 12.1 Å². The molecule has 7 heteroatoms. The van der Waals surface area contributed by atoms with Crippen molar-refractivity contribution in [1.82, 2.24) is 0 Å². The molecule has 2 aromatic carbocycles. The van der Waals surface area contributed by atoms with Gasteiger partial charge < -0.3 is 14.2 Å². The summed E-state index contributed by atoms with van der Waals surface area (Å²) < 4.78 is 58.5. The molecule has 0 N–H and O–H groups in total. The summed E-state index contributed by atoms with van der Waals surface area (Å²) in [7, 11) is 0. The van der Waals surface area contributed by atoms with Gasteiger partial charge in [-0.25, -0.2) is 4.79 Å². The number of ether oxygens (including phenoxy) is 3. The lowest BCUT2D eigenvalue weighted by Gasteiger charge is -2.29. The van der Waals surface area contributed by atoms with E-state index in [9.17, 15) is 18.0 Å². The Morgan fingerprint density at radius 2 is 1.59 bits per heavy atom. The maximum atomic E-state index is 13.9. The van der Waals surface area contributed by atoms with Gasteiger partial charge in [-0.3, -0.25) is 0 Å². The first-order valence-corrected chi connectivity index (χ1v) is 13.3. The number of halogens is 3. The Morgan fingerprint density at radius 1 is 0.919 bits per heavy atom. The number of fused-ring (bicyclic) bond motifs is 1. The first-order valence-electron chi connectivity index (χ1n) is 13.3. The Bertz CT molecular complexity index is 1030. The average molecular weight is 519 g/mol. The predicted molar refractivity (Wildman–Crippen MR) is 139 cm³/mol. The normalized spacial score (nSPS) is 14.9. The van der Waals surface area contributed by atoms with Gasteiger partial charge in [-0.15, -0.1) is 0 Å². The van der Waals surface area contributed by atoms with Crippen LogP contribution in [0.25, 0.3) is 6.08 Å². The number of esters is 1.